The van der Waals surface area contributed by atoms with Gasteiger partial charge in [-0.2, -0.15) is 0 Å². The van der Waals surface area contributed by atoms with Crippen LogP contribution in [0.1, 0.15) is 12.0 Å². The summed E-state index contributed by atoms with van der Waals surface area (Å²) in [5.41, 5.74) is 7.26. The van der Waals surface area contributed by atoms with Gasteiger partial charge >= 0.3 is 0 Å². The first kappa shape index (κ1) is 9.22. The molecule has 1 aliphatic carbocycles. The van der Waals surface area contributed by atoms with Gasteiger partial charge in [0, 0.05) is 5.54 Å². The second-order valence-electron chi connectivity index (χ2n) is 3.80. The fourth-order valence-corrected chi connectivity index (χ4v) is 1.71. The normalized spacial score (nSPS) is 25.2. The average Bonchev–Trinajstić information content (AvgIpc) is 2.19. The molecule has 0 heterocycles. The highest BCUT2D eigenvalue weighted by molar-refractivity contribution is 5.24. The molecule has 1 nitrogen and oxygen atoms in total. The Morgan fingerprint density at radius 2 is 2.07 bits per heavy atom. The van der Waals surface area contributed by atoms with E-state index in [2.05, 4.69) is 24.3 Å². The molecule has 0 spiro atoms. The molecule has 2 N–H and O–H groups in total. The third-order valence-corrected chi connectivity index (χ3v) is 2.45. The average molecular weight is 184 g/mol. The van der Waals surface area contributed by atoms with Gasteiger partial charge in [0.05, 0.1) is 0 Å². The Morgan fingerprint density at radius 3 is 2.71 bits per heavy atom. The quantitative estimate of drug-likeness (QED) is 0.749. The Bertz CT molecular complexity index is 351. The lowest BCUT2D eigenvalue weighted by Crippen LogP contribution is -2.40. The van der Waals surface area contributed by atoms with Crippen LogP contribution in [0.25, 0.3) is 0 Å². The van der Waals surface area contributed by atoms with Crippen LogP contribution in [0.4, 0.5) is 0 Å². The van der Waals surface area contributed by atoms with Gasteiger partial charge in [-0.25, -0.2) is 0 Å². The smallest absolute Gasteiger partial charge is 0.0424 e. The zero-order valence-corrected chi connectivity index (χ0v) is 8.11. The van der Waals surface area contributed by atoms with Crippen LogP contribution in [0, 0.1) is 6.08 Å². The molecule has 0 bridgehead atoms. The lowest BCUT2D eigenvalue weighted by Gasteiger charge is -2.26. The van der Waals surface area contributed by atoms with Crippen molar-refractivity contribution in [1.82, 2.24) is 0 Å². The summed E-state index contributed by atoms with van der Waals surface area (Å²) in [6.45, 7) is 0. The second kappa shape index (κ2) is 3.81. The van der Waals surface area contributed by atoms with Crippen molar-refractivity contribution in [2.75, 3.05) is 0 Å². The van der Waals surface area contributed by atoms with E-state index in [1.54, 1.807) is 0 Å². The lowest BCUT2D eigenvalue weighted by atomic mass is 9.86. The minimum absolute atomic E-state index is 0.240. The fraction of sp³-hybridized carbons (Fsp3) is 0.231. The summed E-state index contributed by atoms with van der Waals surface area (Å²) in [5.74, 6) is 0. The van der Waals surface area contributed by atoms with Gasteiger partial charge in [-0.05, 0) is 24.5 Å². The molecule has 1 unspecified atom stereocenters. The van der Waals surface area contributed by atoms with Gasteiger partial charge < -0.3 is 5.73 Å². The molecular weight excluding hydrogens is 170 g/mol. The van der Waals surface area contributed by atoms with Crippen molar-refractivity contribution in [2.24, 2.45) is 5.73 Å². The van der Waals surface area contributed by atoms with Crippen molar-refractivity contribution >= 4 is 0 Å². The number of allylic oxidation sites excluding steroid dienone is 2. The summed E-state index contributed by atoms with van der Waals surface area (Å²) >= 11 is 0. The Kier molecular flexibility index (Phi) is 2.51. The predicted octanol–water partition coefficient (Wildman–Crippen LogP) is 2.25. The molecular formula is C13H14N. The highest BCUT2D eigenvalue weighted by atomic mass is 14.7. The summed E-state index contributed by atoms with van der Waals surface area (Å²) in [6, 6.07) is 10.3. The molecule has 0 amide bonds. The van der Waals surface area contributed by atoms with Crippen LogP contribution in [-0.4, -0.2) is 5.54 Å². The topological polar surface area (TPSA) is 26.0 Å². The standard InChI is InChI=1S/C13H14N/c14-13(9-5-2-6-10-13)11-12-7-3-1-4-8-12/h1-5,7-9H,10-11,14H2. The van der Waals surface area contributed by atoms with Gasteiger partial charge in [0.15, 0.2) is 0 Å². The van der Waals surface area contributed by atoms with E-state index in [1.165, 1.54) is 5.56 Å². The molecule has 0 aliphatic heterocycles. The van der Waals surface area contributed by atoms with E-state index in [0.29, 0.717) is 0 Å². The van der Waals surface area contributed by atoms with Crippen molar-refractivity contribution in [3.63, 3.8) is 0 Å². The van der Waals surface area contributed by atoms with Crippen molar-refractivity contribution in [2.45, 2.75) is 18.4 Å². The van der Waals surface area contributed by atoms with E-state index >= 15 is 0 Å². The van der Waals surface area contributed by atoms with E-state index in [-0.39, 0.29) is 5.54 Å². The van der Waals surface area contributed by atoms with Gasteiger partial charge in [0.25, 0.3) is 0 Å². The molecule has 1 aromatic rings. The highest BCUT2D eigenvalue weighted by Gasteiger charge is 2.21. The fourth-order valence-electron chi connectivity index (χ4n) is 1.71. The number of nitrogens with two attached hydrogens (primary N) is 1. The third-order valence-electron chi connectivity index (χ3n) is 2.45. The monoisotopic (exact) mass is 184 g/mol. The second-order valence-corrected chi connectivity index (χ2v) is 3.80. The van der Waals surface area contributed by atoms with Crippen LogP contribution in [0.15, 0.2) is 48.6 Å². The van der Waals surface area contributed by atoms with E-state index in [9.17, 15) is 0 Å². The van der Waals surface area contributed by atoms with Crippen molar-refractivity contribution in [3.05, 3.63) is 60.2 Å². The Balaban J connectivity index is 2.11. The summed E-state index contributed by atoms with van der Waals surface area (Å²) < 4.78 is 0. The predicted molar refractivity (Wildman–Crippen MR) is 58.6 cm³/mol. The first-order chi connectivity index (χ1) is 6.79. The van der Waals surface area contributed by atoms with Crippen LogP contribution >= 0.6 is 0 Å². The van der Waals surface area contributed by atoms with Gasteiger partial charge in [-0.15, -0.1) is 0 Å². The van der Waals surface area contributed by atoms with Crippen LogP contribution in [0.5, 0.6) is 0 Å². The molecule has 0 fully saturated rings. The summed E-state index contributed by atoms with van der Waals surface area (Å²) in [5, 5.41) is 0. The molecule has 14 heavy (non-hydrogen) atoms. The first-order valence-electron chi connectivity index (χ1n) is 4.86. The van der Waals surface area contributed by atoms with Gasteiger partial charge in [0.2, 0.25) is 0 Å². The lowest BCUT2D eigenvalue weighted by molar-refractivity contribution is 0.521. The van der Waals surface area contributed by atoms with E-state index in [4.69, 9.17) is 5.73 Å². The van der Waals surface area contributed by atoms with Gasteiger partial charge in [0.1, 0.15) is 0 Å². The van der Waals surface area contributed by atoms with Crippen LogP contribution in [0.2, 0.25) is 0 Å². The number of hydrogen-bond donors (Lipinski definition) is 1. The van der Waals surface area contributed by atoms with E-state index in [0.717, 1.165) is 12.8 Å². The Morgan fingerprint density at radius 1 is 1.29 bits per heavy atom. The number of rotatable bonds is 2. The van der Waals surface area contributed by atoms with Crippen LogP contribution < -0.4 is 5.73 Å². The number of benzene rings is 1. The molecule has 1 radical (unpaired) electrons. The first-order valence-corrected chi connectivity index (χ1v) is 4.86. The molecule has 1 atom stereocenters. The molecule has 0 aromatic heterocycles. The minimum atomic E-state index is -0.240. The third kappa shape index (κ3) is 2.12. The van der Waals surface area contributed by atoms with E-state index in [1.807, 2.05) is 30.4 Å². The SMILES string of the molecule is NC1(Cc2ccccc2)C=CC=[C]C1. The summed E-state index contributed by atoms with van der Waals surface area (Å²) in [4.78, 5) is 0. The molecule has 1 aliphatic rings. The maximum absolute atomic E-state index is 6.22. The molecule has 0 saturated heterocycles. The van der Waals surface area contributed by atoms with E-state index < -0.39 is 0 Å². The highest BCUT2D eigenvalue weighted by Crippen LogP contribution is 2.19. The number of hydrogen-bond acceptors (Lipinski definition) is 1. The molecule has 1 aromatic carbocycles. The van der Waals surface area contributed by atoms with Crippen molar-refractivity contribution < 1.29 is 0 Å². The molecule has 71 valence electrons. The zero-order chi connectivity index (χ0) is 9.86. The van der Waals surface area contributed by atoms with Gasteiger partial charge in [-0.3, -0.25) is 0 Å². The van der Waals surface area contributed by atoms with Gasteiger partial charge in [-0.1, -0.05) is 48.6 Å². The maximum atomic E-state index is 6.22. The van der Waals surface area contributed by atoms with Crippen LogP contribution in [-0.2, 0) is 6.42 Å². The Hall–Kier alpha value is -1.34. The molecule has 1 heteroatoms. The largest absolute Gasteiger partial charge is 0.321 e. The maximum Gasteiger partial charge on any atom is 0.0424 e. The minimum Gasteiger partial charge on any atom is -0.321 e. The zero-order valence-electron chi connectivity index (χ0n) is 8.11. The Labute approximate surface area is 84.9 Å². The molecule has 0 saturated carbocycles. The van der Waals surface area contributed by atoms with Crippen molar-refractivity contribution in [3.8, 4) is 0 Å². The molecule has 2 rings (SSSR count). The summed E-state index contributed by atoms with van der Waals surface area (Å²) in [6.07, 6.45) is 10.8. The van der Waals surface area contributed by atoms with Crippen molar-refractivity contribution in [1.29, 1.82) is 0 Å². The summed E-state index contributed by atoms with van der Waals surface area (Å²) in [7, 11) is 0. The van der Waals surface area contributed by atoms with Crippen LogP contribution in [0.3, 0.4) is 0 Å².